The van der Waals surface area contributed by atoms with Gasteiger partial charge in [-0.3, -0.25) is 9.48 Å². The number of hydrogen-bond donors (Lipinski definition) is 0. The Hall–Kier alpha value is -2.88. The normalized spacial score (nSPS) is 14.8. The number of likely N-dealkylation sites (tertiary alicyclic amines) is 1. The number of amides is 1. The zero-order chi connectivity index (χ0) is 20.8. The monoisotopic (exact) mass is 401 g/mol. The van der Waals surface area contributed by atoms with Crippen molar-refractivity contribution in [1.82, 2.24) is 14.7 Å². The number of benzene rings is 2. The molecule has 0 N–H and O–H groups in total. The number of carbonyl (C=O) groups is 1. The Morgan fingerprint density at radius 3 is 2.20 bits per heavy atom. The quantitative estimate of drug-likeness (QED) is 0.458. The third-order valence-electron chi connectivity index (χ3n) is 6.03. The van der Waals surface area contributed by atoms with Gasteiger partial charge in [0.05, 0.1) is 17.4 Å². The van der Waals surface area contributed by atoms with Crippen molar-refractivity contribution in [3.05, 3.63) is 66.7 Å². The van der Waals surface area contributed by atoms with Gasteiger partial charge in [0.2, 0.25) is 5.91 Å². The van der Waals surface area contributed by atoms with Crippen molar-refractivity contribution in [3.63, 3.8) is 0 Å². The van der Waals surface area contributed by atoms with Crippen LogP contribution in [0.2, 0.25) is 0 Å². The van der Waals surface area contributed by atoms with Gasteiger partial charge < -0.3 is 4.90 Å². The topological polar surface area (TPSA) is 38.1 Å². The van der Waals surface area contributed by atoms with E-state index in [4.69, 9.17) is 5.10 Å². The van der Waals surface area contributed by atoms with E-state index in [2.05, 4.69) is 71.1 Å². The molecule has 30 heavy (non-hydrogen) atoms. The molecule has 0 saturated carbocycles. The van der Waals surface area contributed by atoms with Crippen molar-refractivity contribution in [2.45, 2.75) is 51.5 Å². The summed E-state index contributed by atoms with van der Waals surface area (Å²) in [5, 5.41) is 5.02. The lowest BCUT2D eigenvalue weighted by Crippen LogP contribution is -2.39. The van der Waals surface area contributed by atoms with Crippen LogP contribution in [0.3, 0.4) is 0 Å². The minimum absolute atomic E-state index is 0.315. The molecule has 4 heteroatoms. The summed E-state index contributed by atoms with van der Waals surface area (Å²) in [6.45, 7) is 3.82. The third-order valence-corrected chi connectivity index (χ3v) is 6.03. The number of aromatic nitrogens is 2. The van der Waals surface area contributed by atoms with Crippen molar-refractivity contribution in [2.75, 3.05) is 13.1 Å². The fraction of sp³-hybridized carbons (Fsp3) is 0.385. The Bertz CT molecular complexity index is 941. The summed E-state index contributed by atoms with van der Waals surface area (Å²) in [7, 11) is 0. The van der Waals surface area contributed by atoms with Crippen LogP contribution in [0, 0.1) is 0 Å². The number of unbranched alkanes of at least 4 members (excludes halogenated alkanes) is 2. The summed E-state index contributed by atoms with van der Waals surface area (Å²) in [6, 6.07) is 23.4. The lowest BCUT2D eigenvalue weighted by Gasteiger charge is -2.33. The summed E-state index contributed by atoms with van der Waals surface area (Å²) in [6.07, 6.45) is 5.89. The Morgan fingerprint density at radius 2 is 1.57 bits per heavy atom. The van der Waals surface area contributed by atoms with Gasteiger partial charge in [-0.25, -0.2) is 0 Å². The van der Waals surface area contributed by atoms with Crippen molar-refractivity contribution in [3.8, 4) is 22.5 Å². The molecular weight excluding hydrogens is 370 g/mol. The fourth-order valence-corrected chi connectivity index (χ4v) is 4.29. The lowest BCUT2D eigenvalue weighted by molar-refractivity contribution is -0.132. The molecule has 4 rings (SSSR count). The second-order valence-corrected chi connectivity index (χ2v) is 8.16. The Balaban J connectivity index is 1.54. The van der Waals surface area contributed by atoms with Gasteiger partial charge in [-0.2, -0.15) is 5.10 Å². The molecule has 0 unspecified atom stereocenters. The zero-order valence-corrected chi connectivity index (χ0v) is 17.8. The summed E-state index contributed by atoms with van der Waals surface area (Å²) in [4.78, 5) is 14.5. The molecule has 0 spiro atoms. The third kappa shape index (κ3) is 4.64. The number of piperidine rings is 1. The molecule has 0 bridgehead atoms. The van der Waals surface area contributed by atoms with Crippen LogP contribution in [-0.2, 0) is 4.79 Å². The second kappa shape index (κ2) is 9.75. The minimum Gasteiger partial charge on any atom is -0.343 e. The summed E-state index contributed by atoms with van der Waals surface area (Å²) < 4.78 is 2.20. The standard InChI is InChI=1S/C26H31N3O/c1-2-3-6-15-26(30)28-18-16-23(17-19-28)29-25(22-13-9-5-10-14-22)20-24(27-29)21-11-7-4-8-12-21/h4-5,7-14,20,23H,2-3,6,15-19H2,1H3. The predicted octanol–water partition coefficient (Wildman–Crippen LogP) is 5.96. The summed E-state index contributed by atoms with van der Waals surface area (Å²) in [5.41, 5.74) is 4.48. The van der Waals surface area contributed by atoms with Crippen LogP contribution in [0.5, 0.6) is 0 Å². The average Bonchev–Trinajstić information content (AvgIpc) is 3.26. The largest absolute Gasteiger partial charge is 0.343 e. The molecule has 2 heterocycles. The van der Waals surface area contributed by atoms with Gasteiger partial charge in [-0.05, 0) is 30.9 Å². The highest BCUT2D eigenvalue weighted by atomic mass is 16.2. The molecule has 3 aromatic rings. The van der Waals surface area contributed by atoms with E-state index in [1.165, 1.54) is 5.56 Å². The highest BCUT2D eigenvalue weighted by Crippen LogP contribution is 2.32. The maximum atomic E-state index is 12.5. The first kappa shape index (κ1) is 20.4. The van der Waals surface area contributed by atoms with Crippen molar-refractivity contribution >= 4 is 5.91 Å². The number of hydrogen-bond acceptors (Lipinski definition) is 2. The zero-order valence-electron chi connectivity index (χ0n) is 17.8. The average molecular weight is 402 g/mol. The van der Waals surface area contributed by atoms with Crippen LogP contribution >= 0.6 is 0 Å². The number of nitrogens with zero attached hydrogens (tertiary/aromatic N) is 3. The molecule has 1 fully saturated rings. The van der Waals surface area contributed by atoms with Crippen molar-refractivity contribution < 1.29 is 4.79 Å². The molecule has 1 saturated heterocycles. The van der Waals surface area contributed by atoms with Crippen molar-refractivity contribution in [2.24, 2.45) is 0 Å². The Labute approximate surface area is 179 Å². The van der Waals surface area contributed by atoms with E-state index in [1.807, 2.05) is 12.1 Å². The first-order valence-corrected chi connectivity index (χ1v) is 11.2. The first-order chi connectivity index (χ1) is 14.8. The summed E-state index contributed by atoms with van der Waals surface area (Å²) >= 11 is 0. The van der Waals surface area contributed by atoms with Crippen LogP contribution < -0.4 is 0 Å². The van der Waals surface area contributed by atoms with E-state index in [-0.39, 0.29) is 0 Å². The van der Waals surface area contributed by atoms with Crippen LogP contribution in [0.25, 0.3) is 22.5 Å². The van der Waals surface area contributed by atoms with Gasteiger partial charge in [-0.1, -0.05) is 80.4 Å². The molecule has 1 aromatic heterocycles. The van der Waals surface area contributed by atoms with E-state index in [0.29, 0.717) is 18.4 Å². The smallest absolute Gasteiger partial charge is 0.222 e. The van der Waals surface area contributed by atoms with E-state index in [1.54, 1.807) is 0 Å². The molecule has 0 radical (unpaired) electrons. The van der Waals surface area contributed by atoms with E-state index >= 15 is 0 Å². The van der Waals surface area contributed by atoms with Crippen LogP contribution in [0.4, 0.5) is 0 Å². The Kier molecular flexibility index (Phi) is 6.63. The van der Waals surface area contributed by atoms with Gasteiger partial charge in [-0.15, -0.1) is 0 Å². The highest BCUT2D eigenvalue weighted by Gasteiger charge is 2.26. The molecule has 0 aliphatic carbocycles. The van der Waals surface area contributed by atoms with E-state index in [0.717, 1.165) is 62.1 Å². The molecule has 0 atom stereocenters. The lowest BCUT2D eigenvalue weighted by atomic mass is 10.0. The molecule has 1 aliphatic heterocycles. The molecule has 156 valence electrons. The first-order valence-electron chi connectivity index (χ1n) is 11.2. The second-order valence-electron chi connectivity index (χ2n) is 8.16. The molecule has 1 aliphatic rings. The van der Waals surface area contributed by atoms with Gasteiger partial charge in [0.15, 0.2) is 0 Å². The maximum absolute atomic E-state index is 12.5. The van der Waals surface area contributed by atoms with Gasteiger partial charge >= 0.3 is 0 Å². The van der Waals surface area contributed by atoms with Gasteiger partial charge in [0.25, 0.3) is 0 Å². The van der Waals surface area contributed by atoms with Crippen LogP contribution in [-0.4, -0.2) is 33.7 Å². The van der Waals surface area contributed by atoms with Crippen LogP contribution in [0.1, 0.15) is 51.5 Å². The minimum atomic E-state index is 0.315. The van der Waals surface area contributed by atoms with Crippen molar-refractivity contribution in [1.29, 1.82) is 0 Å². The summed E-state index contributed by atoms with van der Waals surface area (Å²) in [5.74, 6) is 0.315. The highest BCUT2D eigenvalue weighted by molar-refractivity contribution is 5.76. The van der Waals surface area contributed by atoms with Gasteiger partial charge in [0, 0.05) is 25.1 Å². The van der Waals surface area contributed by atoms with Gasteiger partial charge in [0.1, 0.15) is 0 Å². The maximum Gasteiger partial charge on any atom is 0.222 e. The fourth-order valence-electron chi connectivity index (χ4n) is 4.29. The van der Waals surface area contributed by atoms with E-state index < -0.39 is 0 Å². The molecule has 4 nitrogen and oxygen atoms in total. The molecule has 1 amide bonds. The SMILES string of the molecule is CCCCCC(=O)N1CCC(n2nc(-c3ccccc3)cc2-c2ccccc2)CC1. The molecular formula is C26H31N3O. The number of carbonyl (C=O) groups excluding carboxylic acids is 1. The van der Waals surface area contributed by atoms with Crippen LogP contribution in [0.15, 0.2) is 66.7 Å². The van der Waals surface area contributed by atoms with E-state index in [9.17, 15) is 4.79 Å². The Morgan fingerprint density at radius 1 is 0.933 bits per heavy atom. The molecule has 2 aromatic carbocycles. The predicted molar refractivity (Wildman–Crippen MR) is 122 cm³/mol. The number of rotatable bonds is 7.